The first-order chi connectivity index (χ1) is 14.4. The van der Waals surface area contributed by atoms with Crippen LogP contribution in [0.3, 0.4) is 0 Å². The average molecular weight is 430 g/mol. The van der Waals surface area contributed by atoms with Gasteiger partial charge in [0.05, 0.1) is 12.2 Å². The number of carbonyl (C=O) groups is 3. The molecule has 1 saturated carbocycles. The zero-order valence-electron chi connectivity index (χ0n) is 17.6. The van der Waals surface area contributed by atoms with Crippen molar-refractivity contribution >= 4 is 34.2 Å². The van der Waals surface area contributed by atoms with Gasteiger partial charge in [0, 0.05) is 5.56 Å². The van der Waals surface area contributed by atoms with E-state index in [1.807, 2.05) is 19.1 Å². The topological polar surface area (TPSA) is 81.7 Å². The normalized spacial score (nSPS) is 14.2. The third-order valence-electron chi connectivity index (χ3n) is 5.25. The van der Waals surface area contributed by atoms with Crippen molar-refractivity contribution in [1.29, 1.82) is 0 Å². The summed E-state index contributed by atoms with van der Waals surface area (Å²) in [5.74, 6) is -1.36. The zero-order chi connectivity index (χ0) is 21.7. The lowest BCUT2D eigenvalue weighted by atomic mass is 9.98. The second-order valence-electron chi connectivity index (χ2n) is 7.42. The molecular formula is C23H27NO5S. The molecule has 1 fully saturated rings. The molecule has 30 heavy (non-hydrogen) atoms. The van der Waals surface area contributed by atoms with Crippen LogP contribution >= 0.6 is 11.3 Å². The molecule has 1 aromatic heterocycles. The Morgan fingerprint density at radius 3 is 2.43 bits per heavy atom. The van der Waals surface area contributed by atoms with E-state index in [-0.39, 0.29) is 24.2 Å². The molecule has 7 heteroatoms. The molecule has 3 rings (SSSR count). The molecule has 1 N–H and O–H groups in total. The van der Waals surface area contributed by atoms with E-state index in [4.69, 9.17) is 9.47 Å². The summed E-state index contributed by atoms with van der Waals surface area (Å²) >= 11 is 1.06. The maximum atomic E-state index is 12.8. The molecule has 160 valence electrons. The largest absolute Gasteiger partial charge is 0.462 e. The van der Waals surface area contributed by atoms with Gasteiger partial charge in [0.25, 0.3) is 5.91 Å². The Balaban J connectivity index is 1.90. The number of rotatable bonds is 6. The Kier molecular flexibility index (Phi) is 7.26. The van der Waals surface area contributed by atoms with Crippen molar-refractivity contribution in [3.05, 3.63) is 51.4 Å². The fourth-order valence-corrected chi connectivity index (χ4v) is 4.70. The Labute approximate surface area is 180 Å². The smallest absolute Gasteiger partial charge is 0.348 e. The number of hydrogen-bond acceptors (Lipinski definition) is 6. The Hall–Kier alpha value is -2.67. The van der Waals surface area contributed by atoms with Gasteiger partial charge >= 0.3 is 11.9 Å². The van der Waals surface area contributed by atoms with Crippen LogP contribution in [0.2, 0.25) is 0 Å². The molecule has 0 radical (unpaired) electrons. The highest BCUT2D eigenvalue weighted by Crippen LogP contribution is 2.35. The number of aryl methyl sites for hydroxylation is 1. The van der Waals surface area contributed by atoms with Crippen molar-refractivity contribution in [1.82, 2.24) is 0 Å². The van der Waals surface area contributed by atoms with E-state index in [0.717, 1.165) is 49.0 Å². The van der Waals surface area contributed by atoms with Crippen LogP contribution in [0.25, 0.3) is 0 Å². The van der Waals surface area contributed by atoms with Gasteiger partial charge in [-0.2, -0.15) is 0 Å². The van der Waals surface area contributed by atoms with Crippen molar-refractivity contribution < 1.29 is 23.9 Å². The molecule has 1 aromatic carbocycles. The van der Waals surface area contributed by atoms with Crippen molar-refractivity contribution in [3.8, 4) is 0 Å². The van der Waals surface area contributed by atoms with Gasteiger partial charge in [0.15, 0.2) is 0 Å². The van der Waals surface area contributed by atoms with Gasteiger partial charge in [-0.05, 0) is 63.6 Å². The maximum absolute atomic E-state index is 12.8. The minimum atomic E-state index is -0.567. The summed E-state index contributed by atoms with van der Waals surface area (Å²) in [5.41, 5.74) is 2.00. The van der Waals surface area contributed by atoms with Gasteiger partial charge in [-0.25, -0.2) is 9.59 Å². The first-order valence-electron chi connectivity index (χ1n) is 10.3. The minimum Gasteiger partial charge on any atom is -0.462 e. The fraction of sp³-hybridized carbons (Fsp3) is 0.435. The Morgan fingerprint density at radius 1 is 1.07 bits per heavy atom. The number of hydrogen-bond donors (Lipinski definition) is 1. The summed E-state index contributed by atoms with van der Waals surface area (Å²) in [7, 11) is 0. The lowest BCUT2D eigenvalue weighted by molar-refractivity contribution is 0.0216. The summed E-state index contributed by atoms with van der Waals surface area (Å²) in [6.07, 6.45) is 4.88. The van der Waals surface area contributed by atoms with E-state index in [0.29, 0.717) is 21.0 Å². The van der Waals surface area contributed by atoms with Crippen LogP contribution in [0.5, 0.6) is 0 Å². The van der Waals surface area contributed by atoms with Crippen LogP contribution in [0.15, 0.2) is 24.3 Å². The van der Waals surface area contributed by atoms with Crippen molar-refractivity contribution in [2.75, 3.05) is 11.9 Å². The highest BCUT2D eigenvalue weighted by molar-refractivity contribution is 7.18. The van der Waals surface area contributed by atoms with Gasteiger partial charge in [-0.1, -0.05) is 24.6 Å². The number of amides is 1. The van der Waals surface area contributed by atoms with Crippen molar-refractivity contribution in [2.45, 2.75) is 59.0 Å². The van der Waals surface area contributed by atoms with Gasteiger partial charge in [-0.15, -0.1) is 11.3 Å². The van der Waals surface area contributed by atoms with E-state index >= 15 is 0 Å². The fourth-order valence-electron chi connectivity index (χ4n) is 3.63. The van der Waals surface area contributed by atoms with Gasteiger partial charge in [0.2, 0.25) is 0 Å². The maximum Gasteiger partial charge on any atom is 0.348 e. The molecule has 0 atom stereocenters. The van der Waals surface area contributed by atoms with Crippen molar-refractivity contribution in [2.24, 2.45) is 0 Å². The average Bonchev–Trinajstić information content (AvgIpc) is 3.05. The summed E-state index contributed by atoms with van der Waals surface area (Å²) in [6, 6.07) is 7.19. The summed E-state index contributed by atoms with van der Waals surface area (Å²) in [6.45, 7) is 5.43. The summed E-state index contributed by atoms with van der Waals surface area (Å²) in [5, 5.41) is 3.10. The number of thiophene rings is 1. The molecule has 1 amide bonds. The van der Waals surface area contributed by atoms with E-state index < -0.39 is 11.9 Å². The van der Waals surface area contributed by atoms with Crippen LogP contribution in [0.1, 0.15) is 80.5 Å². The standard InChI is InChI=1S/C23H27NO5S/c1-4-28-22(26)18-15(3)19(23(27)29-16-11-6-5-7-12-16)30-21(18)24-20(25)17-13-9-8-10-14(17)2/h8-10,13,16H,4-7,11-12H2,1-3H3,(H,24,25). The van der Waals surface area contributed by atoms with E-state index in [2.05, 4.69) is 5.32 Å². The second kappa shape index (κ2) is 9.89. The molecule has 6 nitrogen and oxygen atoms in total. The molecule has 0 spiro atoms. The zero-order valence-corrected chi connectivity index (χ0v) is 18.4. The third-order valence-corrected chi connectivity index (χ3v) is 6.44. The second-order valence-corrected chi connectivity index (χ2v) is 8.44. The van der Waals surface area contributed by atoms with Crippen molar-refractivity contribution in [3.63, 3.8) is 0 Å². The quantitative estimate of drug-likeness (QED) is 0.632. The highest BCUT2D eigenvalue weighted by atomic mass is 32.1. The van der Waals surface area contributed by atoms with E-state index in [9.17, 15) is 14.4 Å². The third kappa shape index (κ3) is 4.90. The molecule has 0 bridgehead atoms. The monoisotopic (exact) mass is 429 g/mol. The van der Waals surface area contributed by atoms with Gasteiger partial charge < -0.3 is 14.8 Å². The summed E-state index contributed by atoms with van der Waals surface area (Å²) in [4.78, 5) is 38.5. The predicted octanol–water partition coefficient (Wildman–Crippen LogP) is 5.28. The van der Waals surface area contributed by atoms with Crippen LogP contribution in [0, 0.1) is 13.8 Å². The number of anilines is 1. The van der Waals surface area contributed by atoms with Crippen LogP contribution in [-0.4, -0.2) is 30.6 Å². The summed E-state index contributed by atoms with van der Waals surface area (Å²) < 4.78 is 10.8. The Morgan fingerprint density at radius 2 is 1.77 bits per heavy atom. The van der Waals surface area contributed by atoms with Crippen LogP contribution in [-0.2, 0) is 9.47 Å². The molecule has 0 unspecified atom stereocenters. The van der Waals surface area contributed by atoms with Gasteiger partial charge in [0.1, 0.15) is 16.0 Å². The lowest BCUT2D eigenvalue weighted by Gasteiger charge is -2.21. The van der Waals surface area contributed by atoms with Crippen LogP contribution < -0.4 is 5.32 Å². The number of esters is 2. The number of benzene rings is 1. The van der Waals surface area contributed by atoms with Crippen LogP contribution in [0.4, 0.5) is 5.00 Å². The van der Waals surface area contributed by atoms with E-state index in [1.165, 1.54) is 0 Å². The molecule has 1 heterocycles. The first-order valence-corrected chi connectivity index (χ1v) is 11.1. The number of carbonyl (C=O) groups excluding carboxylic acids is 3. The molecular weight excluding hydrogens is 402 g/mol. The molecule has 1 aliphatic carbocycles. The highest BCUT2D eigenvalue weighted by Gasteiger charge is 2.29. The molecule has 1 aliphatic rings. The Bertz CT molecular complexity index is 943. The first kappa shape index (κ1) is 22.0. The molecule has 0 aliphatic heterocycles. The predicted molar refractivity (Wildman–Crippen MR) is 116 cm³/mol. The lowest BCUT2D eigenvalue weighted by Crippen LogP contribution is -2.21. The van der Waals surface area contributed by atoms with Gasteiger partial charge in [-0.3, -0.25) is 4.79 Å². The molecule has 0 saturated heterocycles. The number of nitrogens with one attached hydrogen (secondary N) is 1. The van der Waals surface area contributed by atoms with E-state index in [1.54, 1.807) is 26.0 Å². The minimum absolute atomic E-state index is 0.0937. The number of ether oxygens (including phenoxy) is 2. The molecule has 2 aromatic rings. The SMILES string of the molecule is CCOC(=O)c1c(NC(=O)c2ccccc2C)sc(C(=O)OC2CCCCC2)c1C.